The minimum atomic E-state index is 0.778. The molecule has 9 heavy (non-hydrogen) atoms. The largest absolute Gasteiger partial charge is 0.385 e. The van der Waals surface area contributed by atoms with Gasteiger partial charge in [0.25, 0.3) is 0 Å². The third kappa shape index (κ3) is 18.4. The molecule has 0 heterocycles. The summed E-state index contributed by atoms with van der Waals surface area (Å²) in [7, 11) is 1.74. The van der Waals surface area contributed by atoms with Crippen LogP contribution in [-0.4, -0.2) is 20.5 Å². The lowest BCUT2D eigenvalue weighted by atomic mass is 10.1. The van der Waals surface area contributed by atoms with Gasteiger partial charge < -0.3 is 9.53 Å². The Bertz CT molecular complexity index is 44.2. The van der Waals surface area contributed by atoms with E-state index in [4.69, 9.17) is 9.53 Å². The van der Waals surface area contributed by atoms with Crippen LogP contribution in [0, 0.1) is 5.92 Å². The molecule has 0 N–H and O–H groups in total. The maximum atomic E-state index is 8.00. The van der Waals surface area contributed by atoms with E-state index in [0.717, 1.165) is 12.5 Å². The summed E-state index contributed by atoms with van der Waals surface area (Å²) in [5, 5.41) is 0. The second kappa shape index (κ2) is 10.6. The Balaban J connectivity index is 0. The van der Waals surface area contributed by atoms with Crippen molar-refractivity contribution in [3.05, 3.63) is 0 Å². The fourth-order valence-corrected chi connectivity index (χ4v) is 0.354. The highest BCUT2D eigenvalue weighted by molar-refractivity contribution is 5.10. The average Bonchev–Trinajstić information content (AvgIpc) is 1.88. The number of rotatable bonds is 3. The minimum Gasteiger partial charge on any atom is -0.385 e. The molecule has 0 saturated carbocycles. The zero-order chi connectivity index (χ0) is 7.70. The van der Waals surface area contributed by atoms with Crippen LogP contribution < -0.4 is 0 Å². The maximum absolute atomic E-state index is 8.00. The van der Waals surface area contributed by atoms with E-state index in [9.17, 15) is 0 Å². The first kappa shape index (κ1) is 11.4. The molecule has 0 amide bonds. The Morgan fingerprint density at radius 3 is 2.00 bits per heavy atom. The lowest BCUT2D eigenvalue weighted by molar-refractivity contribution is -0.0979. The molecule has 0 aromatic heterocycles. The Morgan fingerprint density at radius 1 is 1.44 bits per heavy atom. The van der Waals surface area contributed by atoms with Gasteiger partial charge in [-0.05, 0) is 12.3 Å². The Kier molecular flexibility index (Phi) is 13.4. The second-order valence-corrected chi connectivity index (χ2v) is 2.18. The summed E-state index contributed by atoms with van der Waals surface area (Å²) in [6.45, 7) is 7.29. The highest BCUT2D eigenvalue weighted by Crippen LogP contribution is 1.96. The summed E-state index contributed by atoms with van der Waals surface area (Å²) < 4.78 is 4.85. The third-order valence-electron chi connectivity index (χ3n) is 0.899. The molecule has 0 aliphatic rings. The molecule has 0 saturated heterocycles. The van der Waals surface area contributed by atoms with Crippen LogP contribution in [0.3, 0.4) is 0 Å². The van der Waals surface area contributed by atoms with E-state index in [1.54, 1.807) is 7.11 Å². The lowest BCUT2D eigenvalue weighted by Crippen LogP contribution is -1.93. The van der Waals surface area contributed by atoms with E-state index < -0.39 is 0 Å². The number of methoxy groups -OCH3 is 1. The number of hydrogen-bond acceptors (Lipinski definition) is 2. The smallest absolute Gasteiger partial charge is 0.106 e. The van der Waals surface area contributed by atoms with Gasteiger partial charge in [0, 0.05) is 13.7 Å². The molecule has 0 unspecified atom stereocenters. The number of ether oxygens (including phenoxy) is 1. The van der Waals surface area contributed by atoms with Crippen LogP contribution in [0.25, 0.3) is 0 Å². The standard InChI is InChI=1S/C6H14O.CH2O/c1-6(2)4-5-7-3;1-2/h6H,4-5H2,1-3H3;1H2. The van der Waals surface area contributed by atoms with Crippen LogP contribution in [0.2, 0.25) is 0 Å². The van der Waals surface area contributed by atoms with E-state index in [2.05, 4.69) is 13.8 Å². The van der Waals surface area contributed by atoms with Crippen molar-refractivity contribution in [2.24, 2.45) is 5.92 Å². The first-order chi connectivity index (χ1) is 4.27. The van der Waals surface area contributed by atoms with Crippen molar-refractivity contribution >= 4 is 6.79 Å². The van der Waals surface area contributed by atoms with Gasteiger partial charge >= 0.3 is 0 Å². The van der Waals surface area contributed by atoms with Gasteiger partial charge in [0.2, 0.25) is 0 Å². The zero-order valence-electron chi connectivity index (χ0n) is 6.52. The van der Waals surface area contributed by atoms with Crippen LogP contribution in [0.15, 0.2) is 0 Å². The molecule has 0 rings (SSSR count). The molecule has 0 aliphatic heterocycles. The van der Waals surface area contributed by atoms with Gasteiger partial charge in [0.15, 0.2) is 0 Å². The van der Waals surface area contributed by atoms with E-state index in [0.29, 0.717) is 0 Å². The van der Waals surface area contributed by atoms with Crippen molar-refractivity contribution in [2.75, 3.05) is 13.7 Å². The van der Waals surface area contributed by atoms with Crippen LogP contribution in [0.1, 0.15) is 20.3 Å². The summed E-state index contributed by atoms with van der Waals surface area (Å²) in [5.74, 6) is 0.778. The normalized spacial score (nSPS) is 8.44. The average molecular weight is 132 g/mol. The fraction of sp³-hybridized carbons (Fsp3) is 0.857. The molecule has 0 aromatic carbocycles. The Labute approximate surface area is 57.2 Å². The highest BCUT2D eigenvalue weighted by atomic mass is 16.5. The van der Waals surface area contributed by atoms with Crippen molar-refractivity contribution in [2.45, 2.75) is 20.3 Å². The van der Waals surface area contributed by atoms with Gasteiger partial charge in [-0.3, -0.25) is 0 Å². The van der Waals surface area contributed by atoms with Crippen LogP contribution in [0.5, 0.6) is 0 Å². The van der Waals surface area contributed by atoms with Gasteiger partial charge in [-0.25, -0.2) is 0 Å². The number of carbonyl (C=O) groups excluding carboxylic acids is 1. The van der Waals surface area contributed by atoms with Gasteiger partial charge in [0.05, 0.1) is 0 Å². The molecule has 2 nitrogen and oxygen atoms in total. The minimum absolute atomic E-state index is 0.778. The topological polar surface area (TPSA) is 26.3 Å². The molecule has 0 bridgehead atoms. The molecule has 0 fully saturated rings. The zero-order valence-corrected chi connectivity index (χ0v) is 6.52. The fourth-order valence-electron chi connectivity index (χ4n) is 0.354. The summed E-state index contributed by atoms with van der Waals surface area (Å²) >= 11 is 0. The highest BCUT2D eigenvalue weighted by Gasteiger charge is 1.89. The van der Waals surface area contributed by atoms with Gasteiger partial charge in [-0.1, -0.05) is 13.8 Å². The summed E-state index contributed by atoms with van der Waals surface area (Å²) in [5.41, 5.74) is 0. The van der Waals surface area contributed by atoms with Gasteiger partial charge in [0.1, 0.15) is 6.79 Å². The Hall–Kier alpha value is -0.370. The molecular weight excluding hydrogens is 116 g/mol. The number of hydrogen-bond donors (Lipinski definition) is 0. The first-order valence-electron chi connectivity index (χ1n) is 3.05. The lowest BCUT2D eigenvalue weighted by Gasteiger charge is -1.99. The molecular formula is C7H16O2. The van der Waals surface area contributed by atoms with Crippen molar-refractivity contribution in [3.8, 4) is 0 Å². The molecule has 0 spiro atoms. The summed E-state index contributed by atoms with van der Waals surface area (Å²) in [6.07, 6.45) is 1.18. The van der Waals surface area contributed by atoms with Crippen LogP contribution in [-0.2, 0) is 9.53 Å². The van der Waals surface area contributed by atoms with Crippen LogP contribution in [0.4, 0.5) is 0 Å². The molecule has 0 aliphatic carbocycles. The third-order valence-corrected chi connectivity index (χ3v) is 0.899. The monoisotopic (exact) mass is 132 g/mol. The molecule has 0 aromatic rings. The van der Waals surface area contributed by atoms with E-state index in [-0.39, 0.29) is 0 Å². The van der Waals surface area contributed by atoms with E-state index >= 15 is 0 Å². The molecule has 56 valence electrons. The summed E-state index contributed by atoms with van der Waals surface area (Å²) in [4.78, 5) is 8.00. The van der Waals surface area contributed by atoms with Crippen molar-refractivity contribution in [1.29, 1.82) is 0 Å². The predicted molar refractivity (Wildman–Crippen MR) is 38.5 cm³/mol. The molecule has 0 radical (unpaired) electrons. The maximum Gasteiger partial charge on any atom is 0.106 e. The van der Waals surface area contributed by atoms with Crippen molar-refractivity contribution < 1.29 is 9.53 Å². The quantitative estimate of drug-likeness (QED) is 0.581. The van der Waals surface area contributed by atoms with E-state index in [1.165, 1.54) is 6.42 Å². The van der Waals surface area contributed by atoms with Crippen molar-refractivity contribution in [1.82, 2.24) is 0 Å². The van der Waals surface area contributed by atoms with E-state index in [1.807, 2.05) is 6.79 Å². The van der Waals surface area contributed by atoms with Gasteiger partial charge in [-0.15, -0.1) is 0 Å². The summed E-state index contributed by atoms with van der Waals surface area (Å²) in [6, 6.07) is 0. The first-order valence-corrected chi connectivity index (χ1v) is 3.05. The SMILES string of the molecule is C=O.COCCC(C)C. The molecule has 2 heteroatoms. The predicted octanol–water partition coefficient (Wildman–Crippen LogP) is 1.49. The van der Waals surface area contributed by atoms with Gasteiger partial charge in [-0.2, -0.15) is 0 Å². The number of carbonyl (C=O) groups is 1. The molecule has 0 atom stereocenters. The van der Waals surface area contributed by atoms with Crippen molar-refractivity contribution in [3.63, 3.8) is 0 Å². The second-order valence-electron chi connectivity index (χ2n) is 2.18. The van der Waals surface area contributed by atoms with Crippen LogP contribution >= 0.6 is 0 Å². The Morgan fingerprint density at radius 2 is 1.89 bits per heavy atom.